The molecule has 1 heterocycles. The molecular weight excluding hydrogens is 174 g/mol. The third kappa shape index (κ3) is 2.37. The van der Waals surface area contributed by atoms with Crippen molar-refractivity contribution in [3.8, 4) is 0 Å². The van der Waals surface area contributed by atoms with E-state index in [-0.39, 0.29) is 0 Å². The van der Waals surface area contributed by atoms with Crippen molar-refractivity contribution in [2.45, 2.75) is 44.2 Å². The number of ether oxygens (including phenoxy) is 1. The van der Waals surface area contributed by atoms with Gasteiger partial charge in [0.25, 0.3) is 0 Å². The van der Waals surface area contributed by atoms with E-state index in [9.17, 15) is 0 Å². The molecule has 0 bridgehead atoms. The summed E-state index contributed by atoms with van der Waals surface area (Å²) in [6.45, 7) is 2.22. The summed E-state index contributed by atoms with van der Waals surface area (Å²) in [5.74, 6) is 0. The summed E-state index contributed by atoms with van der Waals surface area (Å²) in [7, 11) is 1.80. The molecule has 1 unspecified atom stereocenters. The third-order valence-corrected chi connectivity index (χ3v) is 3.50. The maximum absolute atomic E-state index is 5.38. The van der Waals surface area contributed by atoms with E-state index >= 15 is 0 Å². The van der Waals surface area contributed by atoms with Gasteiger partial charge in [0.1, 0.15) is 0 Å². The van der Waals surface area contributed by atoms with Crippen molar-refractivity contribution < 1.29 is 4.74 Å². The van der Waals surface area contributed by atoms with Gasteiger partial charge in [-0.05, 0) is 12.8 Å². The monoisotopic (exact) mass is 195 g/mol. The Bertz CT molecular complexity index is 196. The molecule has 1 aliphatic carbocycles. The summed E-state index contributed by atoms with van der Waals surface area (Å²) in [4.78, 5) is 2.59. The minimum atomic E-state index is 0.325. The van der Waals surface area contributed by atoms with Crippen LogP contribution in [0.15, 0.2) is 12.2 Å². The molecule has 0 aromatic rings. The molecule has 1 aliphatic heterocycles. The Morgan fingerprint density at radius 2 is 2.00 bits per heavy atom. The van der Waals surface area contributed by atoms with Gasteiger partial charge in [-0.25, -0.2) is 0 Å². The molecular formula is C12H21NO. The van der Waals surface area contributed by atoms with Crippen LogP contribution in [-0.2, 0) is 4.74 Å². The first-order valence-corrected chi connectivity index (χ1v) is 5.83. The van der Waals surface area contributed by atoms with Crippen molar-refractivity contribution in [1.29, 1.82) is 0 Å². The number of methoxy groups -OCH3 is 1. The second kappa shape index (κ2) is 4.94. The lowest BCUT2D eigenvalue weighted by molar-refractivity contribution is 0.0641. The van der Waals surface area contributed by atoms with Gasteiger partial charge in [0.15, 0.2) is 0 Å². The lowest BCUT2D eigenvalue weighted by Crippen LogP contribution is -2.43. The van der Waals surface area contributed by atoms with E-state index in [1.165, 1.54) is 32.1 Å². The predicted octanol–water partition coefficient (Wildman–Crippen LogP) is 2.21. The van der Waals surface area contributed by atoms with Crippen LogP contribution in [0.5, 0.6) is 0 Å². The van der Waals surface area contributed by atoms with Crippen LogP contribution in [0.4, 0.5) is 0 Å². The van der Waals surface area contributed by atoms with E-state index in [0.29, 0.717) is 6.10 Å². The van der Waals surface area contributed by atoms with Crippen LogP contribution < -0.4 is 0 Å². The first-order chi connectivity index (χ1) is 6.90. The molecule has 2 heteroatoms. The SMILES string of the molecule is COC1C=CCN(C2CCCCC2)C1. The van der Waals surface area contributed by atoms with Gasteiger partial charge in [-0.1, -0.05) is 31.4 Å². The fourth-order valence-corrected chi connectivity index (χ4v) is 2.61. The number of rotatable bonds is 2. The molecule has 2 aliphatic rings. The van der Waals surface area contributed by atoms with E-state index in [1.54, 1.807) is 7.11 Å². The average Bonchev–Trinajstić information content (AvgIpc) is 2.30. The van der Waals surface area contributed by atoms with Gasteiger partial charge in [-0.15, -0.1) is 0 Å². The Labute approximate surface area is 86.9 Å². The van der Waals surface area contributed by atoms with E-state index in [4.69, 9.17) is 4.74 Å². The Kier molecular flexibility index (Phi) is 3.60. The second-order valence-corrected chi connectivity index (χ2v) is 4.45. The van der Waals surface area contributed by atoms with Crippen molar-refractivity contribution in [1.82, 2.24) is 4.90 Å². The summed E-state index contributed by atoms with van der Waals surface area (Å²) in [5.41, 5.74) is 0. The molecule has 0 N–H and O–H groups in total. The maximum atomic E-state index is 5.38. The molecule has 0 aromatic carbocycles. The van der Waals surface area contributed by atoms with Crippen molar-refractivity contribution in [2.24, 2.45) is 0 Å². The van der Waals surface area contributed by atoms with Crippen molar-refractivity contribution in [3.05, 3.63) is 12.2 Å². The highest BCUT2D eigenvalue weighted by Crippen LogP contribution is 2.24. The normalized spacial score (nSPS) is 30.8. The molecule has 0 spiro atoms. The average molecular weight is 195 g/mol. The Morgan fingerprint density at radius 3 is 2.71 bits per heavy atom. The lowest BCUT2D eigenvalue weighted by Gasteiger charge is -2.37. The highest BCUT2D eigenvalue weighted by Gasteiger charge is 2.24. The number of nitrogens with zero attached hydrogens (tertiary/aromatic N) is 1. The minimum Gasteiger partial charge on any atom is -0.376 e. The first-order valence-electron chi connectivity index (χ1n) is 5.83. The van der Waals surface area contributed by atoms with Crippen LogP contribution in [0.3, 0.4) is 0 Å². The Balaban J connectivity index is 1.88. The van der Waals surface area contributed by atoms with E-state index in [0.717, 1.165) is 19.1 Å². The third-order valence-electron chi connectivity index (χ3n) is 3.50. The molecule has 1 atom stereocenters. The zero-order valence-electron chi connectivity index (χ0n) is 9.11. The van der Waals surface area contributed by atoms with E-state index < -0.39 is 0 Å². The standard InChI is InChI=1S/C12H21NO/c1-14-12-8-5-9-13(10-12)11-6-3-2-4-7-11/h5,8,11-12H,2-4,6-7,9-10H2,1H3. The highest BCUT2D eigenvalue weighted by molar-refractivity contribution is 4.99. The van der Waals surface area contributed by atoms with Gasteiger partial charge in [0, 0.05) is 26.2 Å². The van der Waals surface area contributed by atoms with Gasteiger partial charge in [-0.3, -0.25) is 4.90 Å². The van der Waals surface area contributed by atoms with Crippen molar-refractivity contribution >= 4 is 0 Å². The first kappa shape index (κ1) is 10.2. The highest BCUT2D eigenvalue weighted by atomic mass is 16.5. The zero-order valence-corrected chi connectivity index (χ0v) is 9.11. The van der Waals surface area contributed by atoms with Gasteiger partial charge in [-0.2, -0.15) is 0 Å². The molecule has 1 saturated carbocycles. The molecule has 14 heavy (non-hydrogen) atoms. The summed E-state index contributed by atoms with van der Waals surface area (Å²) < 4.78 is 5.38. The molecule has 2 nitrogen and oxygen atoms in total. The van der Waals surface area contributed by atoms with Crippen LogP contribution >= 0.6 is 0 Å². The minimum absolute atomic E-state index is 0.325. The van der Waals surface area contributed by atoms with Crippen LogP contribution in [0.1, 0.15) is 32.1 Å². The fraction of sp³-hybridized carbons (Fsp3) is 0.833. The van der Waals surface area contributed by atoms with Gasteiger partial charge in [0.2, 0.25) is 0 Å². The number of hydrogen-bond acceptors (Lipinski definition) is 2. The van der Waals surface area contributed by atoms with Gasteiger partial charge in [0.05, 0.1) is 6.10 Å². The molecule has 0 radical (unpaired) electrons. The summed E-state index contributed by atoms with van der Waals surface area (Å²) >= 11 is 0. The summed E-state index contributed by atoms with van der Waals surface area (Å²) in [6, 6.07) is 0.825. The van der Waals surface area contributed by atoms with E-state index in [2.05, 4.69) is 17.1 Å². The van der Waals surface area contributed by atoms with Crippen LogP contribution in [0, 0.1) is 0 Å². The smallest absolute Gasteiger partial charge is 0.0879 e. The quantitative estimate of drug-likeness (QED) is 0.626. The Hall–Kier alpha value is -0.340. The van der Waals surface area contributed by atoms with Crippen LogP contribution in [0.2, 0.25) is 0 Å². The van der Waals surface area contributed by atoms with Crippen molar-refractivity contribution in [2.75, 3.05) is 20.2 Å². The largest absolute Gasteiger partial charge is 0.376 e. The lowest BCUT2D eigenvalue weighted by atomic mass is 9.93. The summed E-state index contributed by atoms with van der Waals surface area (Å²) in [6.07, 6.45) is 11.8. The molecule has 1 fully saturated rings. The van der Waals surface area contributed by atoms with Crippen LogP contribution in [0.25, 0.3) is 0 Å². The predicted molar refractivity (Wildman–Crippen MR) is 58.4 cm³/mol. The topological polar surface area (TPSA) is 12.5 Å². The van der Waals surface area contributed by atoms with Crippen molar-refractivity contribution in [3.63, 3.8) is 0 Å². The van der Waals surface area contributed by atoms with Gasteiger partial charge >= 0.3 is 0 Å². The molecule has 0 amide bonds. The van der Waals surface area contributed by atoms with E-state index in [1.807, 2.05) is 0 Å². The molecule has 2 rings (SSSR count). The Morgan fingerprint density at radius 1 is 1.21 bits per heavy atom. The molecule has 0 aromatic heterocycles. The van der Waals surface area contributed by atoms with Crippen LogP contribution in [-0.4, -0.2) is 37.2 Å². The second-order valence-electron chi connectivity index (χ2n) is 4.45. The molecule has 0 saturated heterocycles. The van der Waals surface area contributed by atoms with Gasteiger partial charge < -0.3 is 4.74 Å². The zero-order chi connectivity index (χ0) is 9.80. The molecule has 80 valence electrons. The summed E-state index contributed by atoms with van der Waals surface area (Å²) in [5, 5.41) is 0. The maximum Gasteiger partial charge on any atom is 0.0879 e. The fourth-order valence-electron chi connectivity index (χ4n) is 2.61. The number of hydrogen-bond donors (Lipinski definition) is 0.